The second kappa shape index (κ2) is 4.51. The topological polar surface area (TPSA) is 34.1 Å². The van der Waals surface area contributed by atoms with Gasteiger partial charge < -0.3 is 10.1 Å². The van der Waals surface area contributed by atoms with E-state index in [4.69, 9.17) is 4.74 Å². The maximum Gasteiger partial charge on any atom is 0.215 e. The maximum absolute atomic E-state index is 5.35. The summed E-state index contributed by atoms with van der Waals surface area (Å²) >= 11 is 0. The normalized spacial score (nSPS) is 23.6. The van der Waals surface area contributed by atoms with Crippen LogP contribution in [0.15, 0.2) is 18.2 Å². The number of anilines is 1. The molecule has 2 rings (SSSR count). The highest BCUT2D eigenvalue weighted by molar-refractivity contribution is 5.39. The van der Waals surface area contributed by atoms with Crippen LogP contribution in [-0.2, 0) is 0 Å². The predicted octanol–water partition coefficient (Wildman–Crippen LogP) is 2.69. The Morgan fingerprint density at radius 2 is 2.33 bits per heavy atom. The van der Waals surface area contributed by atoms with Crippen LogP contribution in [0.4, 0.5) is 5.82 Å². The molecule has 2 atom stereocenters. The van der Waals surface area contributed by atoms with Crippen LogP contribution in [0.3, 0.4) is 0 Å². The molecule has 1 fully saturated rings. The molecule has 15 heavy (non-hydrogen) atoms. The van der Waals surface area contributed by atoms with Crippen molar-refractivity contribution in [2.45, 2.75) is 32.7 Å². The number of aromatic nitrogens is 1. The fourth-order valence-electron chi connectivity index (χ4n) is 1.79. The van der Waals surface area contributed by atoms with Gasteiger partial charge in [0.15, 0.2) is 0 Å². The molecule has 0 spiro atoms. The summed E-state index contributed by atoms with van der Waals surface area (Å²) in [6.45, 7) is 4.86. The molecule has 1 heterocycles. The Bertz CT molecular complexity index is 327. The van der Waals surface area contributed by atoms with Gasteiger partial charge in [0.25, 0.3) is 0 Å². The van der Waals surface area contributed by atoms with Crippen molar-refractivity contribution in [3.05, 3.63) is 18.2 Å². The highest BCUT2D eigenvalue weighted by Gasteiger charge is 2.35. The summed E-state index contributed by atoms with van der Waals surface area (Å²) in [6.07, 6.45) is 2.53. The molecule has 0 radical (unpaired) electrons. The van der Waals surface area contributed by atoms with Crippen molar-refractivity contribution in [3.63, 3.8) is 0 Å². The van der Waals surface area contributed by atoms with E-state index in [0.29, 0.717) is 18.5 Å². The largest absolute Gasteiger partial charge is 0.478 e. The number of nitrogens with zero attached hydrogens (tertiary/aromatic N) is 1. The summed E-state index contributed by atoms with van der Waals surface area (Å²) in [5, 5.41) is 3.42. The van der Waals surface area contributed by atoms with Gasteiger partial charge in [-0.3, -0.25) is 0 Å². The van der Waals surface area contributed by atoms with Crippen LogP contribution in [-0.4, -0.2) is 17.6 Å². The lowest BCUT2D eigenvalue weighted by molar-refractivity contribution is 0.327. The fraction of sp³-hybridized carbons (Fsp3) is 0.583. The van der Waals surface area contributed by atoms with Gasteiger partial charge >= 0.3 is 0 Å². The van der Waals surface area contributed by atoms with Crippen LogP contribution < -0.4 is 10.1 Å². The molecule has 1 aliphatic rings. The van der Waals surface area contributed by atoms with Crippen molar-refractivity contribution in [1.82, 2.24) is 4.98 Å². The molecule has 82 valence electrons. The predicted molar refractivity (Wildman–Crippen MR) is 61.2 cm³/mol. The molecule has 1 saturated carbocycles. The van der Waals surface area contributed by atoms with Gasteiger partial charge in [-0.05, 0) is 25.3 Å². The molecule has 3 nitrogen and oxygen atoms in total. The van der Waals surface area contributed by atoms with Gasteiger partial charge in [-0.25, -0.2) is 0 Å². The molecule has 0 amide bonds. The monoisotopic (exact) mass is 206 g/mol. The first kappa shape index (κ1) is 10.3. The van der Waals surface area contributed by atoms with Crippen molar-refractivity contribution < 1.29 is 4.74 Å². The number of ether oxygens (including phenoxy) is 1. The molecule has 0 aromatic carbocycles. The first-order valence-electron chi connectivity index (χ1n) is 5.69. The minimum absolute atomic E-state index is 0.624. The molecule has 2 unspecified atom stereocenters. The minimum Gasteiger partial charge on any atom is -0.478 e. The molecule has 1 aromatic heterocycles. The lowest BCUT2D eigenvalue weighted by Crippen LogP contribution is -2.06. The zero-order chi connectivity index (χ0) is 10.7. The molecule has 1 N–H and O–H groups in total. The first-order chi connectivity index (χ1) is 7.33. The summed E-state index contributed by atoms with van der Waals surface area (Å²) in [5.74, 6) is 2.47. The van der Waals surface area contributed by atoms with Gasteiger partial charge in [0.2, 0.25) is 5.88 Å². The first-order valence-corrected chi connectivity index (χ1v) is 5.69. The van der Waals surface area contributed by atoms with E-state index in [1.54, 1.807) is 0 Å². The van der Waals surface area contributed by atoms with Crippen molar-refractivity contribution in [2.24, 2.45) is 5.92 Å². The zero-order valence-corrected chi connectivity index (χ0v) is 9.36. The van der Waals surface area contributed by atoms with E-state index in [1.807, 2.05) is 25.1 Å². The Kier molecular flexibility index (Phi) is 3.09. The van der Waals surface area contributed by atoms with Gasteiger partial charge in [0, 0.05) is 12.1 Å². The van der Waals surface area contributed by atoms with Crippen molar-refractivity contribution in [2.75, 3.05) is 11.9 Å². The third-order valence-electron chi connectivity index (χ3n) is 2.80. The molecule has 1 aliphatic carbocycles. The zero-order valence-electron chi connectivity index (χ0n) is 9.36. The summed E-state index contributed by atoms with van der Waals surface area (Å²) < 4.78 is 5.35. The van der Waals surface area contributed by atoms with E-state index >= 15 is 0 Å². The Morgan fingerprint density at radius 1 is 1.47 bits per heavy atom. The Balaban J connectivity index is 1.93. The van der Waals surface area contributed by atoms with Crippen molar-refractivity contribution >= 4 is 5.82 Å². The smallest absolute Gasteiger partial charge is 0.215 e. The third kappa shape index (κ3) is 2.61. The van der Waals surface area contributed by atoms with Gasteiger partial charge in [-0.15, -0.1) is 0 Å². The van der Waals surface area contributed by atoms with Gasteiger partial charge in [-0.2, -0.15) is 4.98 Å². The van der Waals surface area contributed by atoms with Crippen molar-refractivity contribution in [3.8, 4) is 5.88 Å². The molecule has 0 bridgehead atoms. The molecule has 3 heteroatoms. The van der Waals surface area contributed by atoms with Crippen LogP contribution in [0.5, 0.6) is 5.88 Å². The molecule has 0 saturated heterocycles. The van der Waals surface area contributed by atoms with E-state index in [-0.39, 0.29) is 0 Å². The van der Waals surface area contributed by atoms with Crippen LogP contribution in [0.25, 0.3) is 0 Å². The molecular formula is C12H18N2O. The quantitative estimate of drug-likeness (QED) is 0.804. The maximum atomic E-state index is 5.35. The van der Waals surface area contributed by atoms with Crippen LogP contribution in [0.2, 0.25) is 0 Å². The molecular weight excluding hydrogens is 188 g/mol. The molecule has 1 aromatic rings. The second-order valence-corrected chi connectivity index (χ2v) is 3.95. The lowest BCUT2D eigenvalue weighted by Gasteiger charge is -2.06. The average Bonchev–Trinajstić information content (AvgIpc) is 2.97. The van der Waals surface area contributed by atoms with E-state index < -0.39 is 0 Å². The number of hydrogen-bond donors (Lipinski definition) is 1. The Morgan fingerprint density at radius 3 is 3.00 bits per heavy atom. The van der Waals surface area contributed by atoms with Gasteiger partial charge in [0.1, 0.15) is 5.82 Å². The molecule has 0 aliphatic heterocycles. The Hall–Kier alpha value is -1.25. The minimum atomic E-state index is 0.624. The van der Waals surface area contributed by atoms with Gasteiger partial charge in [-0.1, -0.05) is 19.4 Å². The highest BCUT2D eigenvalue weighted by Crippen LogP contribution is 2.35. The van der Waals surface area contributed by atoms with E-state index in [9.17, 15) is 0 Å². The van der Waals surface area contributed by atoms with E-state index in [1.165, 1.54) is 12.8 Å². The van der Waals surface area contributed by atoms with Crippen LogP contribution in [0.1, 0.15) is 26.7 Å². The van der Waals surface area contributed by atoms with Gasteiger partial charge in [0.05, 0.1) is 6.61 Å². The summed E-state index contributed by atoms with van der Waals surface area (Å²) in [6, 6.07) is 6.48. The van der Waals surface area contributed by atoms with Crippen molar-refractivity contribution in [1.29, 1.82) is 0 Å². The lowest BCUT2D eigenvalue weighted by atomic mass is 10.3. The number of rotatable bonds is 5. The Labute approximate surface area is 90.9 Å². The number of nitrogens with one attached hydrogen (secondary N) is 1. The third-order valence-corrected chi connectivity index (χ3v) is 2.80. The number of pyridine rings is 1. The highest BCUT2D eigenvalue weighted by atomic mass is 16.5. The fourth-order valence-corrected chi connectivity index (χ4v) is 1.79. The SMILES string of the molecule is CCOc1cccc(NC2CC2CC)n1. The summed E-state index contributed by atoms with van der Waals surface area (Å²) in [5.41, 5.74) is 0. The second-order valence-electron chi connectivity index (χ2n) is 3.95. The van der Waals surface area contributed by atoms with E-state index in [2.05, 4.69) is 17.2 Å². The van der Waals surface area contributed by atoms with Crippen LogP contribution >= 0.6 is 0 Å². The van der Waals surface area contributed by atoms with E-state index in [0.717, 1.165) is 11.7 Å². The van der Waals surface area contributed by atoms with Crippen LogP contribution in [0, 0.1) is 5.92 Å². The number of hydrogen-bond acceptors (Lipinski definition) is 3. The standard InChI is InChI=1S/C12H18N2O/c1-3-9-8-10(9)13-11-6-5-7-12(14-11)15-4-2/h5-7,9-10H,3-4,8H2,1-2H3,(H,13,14). The summed E-state index contributed by atoms with van der Waals surface area (Å²) in [4.78, 5) is 4.38. The average molecular weight is 206 g/mol. The summed E-state index contributed by atoms with van der Waals surface area (Å²) in [7, 11) is 0.